The molecule has 0 bridgehead atoms. The Morgan fingerprint density at radius 1 is 1.24 bits per heavy atom. The molecule has 8 heteroatoms. The summed E-state index contributed by atoms with van der Waals surface area (Å²) >= 11 is 1.33. The summed E-state index contributed by atoms with van der Waals surface area (Å²) in [7, 11) is 0. The maximum Gasteiger partial charge on any atom is 0.262 e. The zero-order valence-corrected chi connectivity index (χ0v) is 17.3. The van der Waals surface area contributed by atoms with Crippen LogP contribution in [0.5, 0.6) is 0 Å². The maximum atomic E-state index is 13.5. The summed E-state index contributed by atoms with van der Waals surface area (Å²) < 4.78 is 26.6. The molecular weight excluding hydrogens is 396 g/mol. The van der Waals surface area contributed by atoms with Gasteiger partial charge in [0.25, 0.3) is 5.91 Å². The van der Waals surface area contributed by atoms with Crippen LogP contribution >= 0.6 is 11.3 Å². The highest BCUT2D eigenvalue weighted by molar-refractivity contribution is 7.12. The fourth-order valence-electron chi connectivity index (χ4n) is 3.43. The monoisotopic (exact) mass is 421 g/mol. The Balaban J connectivity index is 1.52. The number of nitrogens with one attached hydrogen (secondary N) is 2. The summed E-state index contributed by atoms with van der Waals surface area (Å²) in [5.74, 6) is -2.04. The number of carbonyl (C=O) groups is 2. The first-order valence-corrected chi connectivity index (χ1v) is 10.5. The molecule has 0 radical (unpaired) electrons. The lowest BCUT2D eigenvalue weighted by molar-refractivity contribution is -0.124. The van der Waals surface area contributed by atoms with E-state index in [1.54, 1.807) is 18.2 Å². The first-order valence-electron chi connectivity index (χ1n) is 9.67. The fraction of sp³-hybridized carbons (Fsp3) is 0.429. The van der Waals surface area contributed by atoms with Crippen molar-refractivity contribution in [3.05, 3.63) is 52.2 Å². The normalized spacial score (nSPS) is 17.4. The number of benzene rings is 1. The van der Waals surface area contributed by atoms with E-state index < -0.39 is 17.7 Å². The number of carbonyl (C=O) groups excluding carboxylic acids is 2. The highest BCUT2D eigenvalue weighted by Crippen LogP contribution is 2.25. The van der Waals surface area contributed by atoms with Gasteiger partial charge in [0, 0.05) is 31.4 Å². The predicted molar refractivity (Wildman–Crippen MR) is 110 cm³/mol. The van der Waals surface area contributed by atoms with Gasteiger partial charge in [-0.25, -0.2) is 8.78 Å². The molecule has 29 heavy (non-hydrogen) atoms. The van der Waals surface area contributed by atoms with Gasteiger partial charge < -0.3 is 15.5 Å². The van der Waals surface area contributed by atoms with Gasteiger partial charge in [-0.3, -0.25) is 9.59 Å². The Bertz CT molecular complexity index is 858. The Morgan fingerprint density at radius 3 is 2.69 bits per heavy atom. The summed E-state index contributed by atoms with van der Waals surface area (Å²) in [5, 5.41) is 7.57. The van der Waals surface area contributed by atoms with Crippen LogP contribution in [0.3, 0.4) is 0 Å². The van der Waals surface area contributed by atoms with Crippen molar-refractivity contribution in [2.45, 2.75) is 26.3 Å². The van der Waals surface area contributed by atoms with Crippen LogP contribution in [0.4, 0.5) is 14.5 Å². The van der Waals surface area contributed by atoms with Crippen molar-refractivity contribution in [2.75, 3.05) is 24.5 Å². The topological polar surface area (TPSA) is 61.4 Å². The van der Waals surface area contributed by atoms with E-state index in [0.29, 0.717) is 30.2 Å². The van der Waals surface area contributed by atoms with Crippen LogP contribution in [0, 0.1) is 23.5 Å². The van der Waals surface area contributed by atoms with E-state index in [2.05, 4.69) is 10.6 Å². The molecule has 5 nitrogen and oxygen atoms in total. The van der Waals surface area contributed by atoms with E-state index in [0.717, 1.165) is 12.5 Å². The number of thiophene rings is 1. The van der Waals surface area contributed by atoms with Crippen LogP contribution in [-0.4, -0.2) is 37.5 Å². The van der Waals surface area contributed by atoms with Crippen molar-refractivity contribution in [1.82, 2.24) is 10.6 Å². The highest BCUT2D eigenvalue weighted by atomic mass is 32.1. The summed E-state index contributed by atoms with van der Waals surface area (Å²) in [6.07, 6.45) is 0.840. The molecule has 2 heterocycles. The summed E-state index contributed by atoms with van der Waals surface area (Å²) in [4.78, 5) is 27.5. The molecule has 1 aromatic heterocycles. The molecule has 1 aromatic carbocycles. The van der Waals surface area contributed by atoms with Gasteiger partial charge in [0.1, 0.15) is 6.04 Å². The van der Waals surface area contributed by atoms with E-state index >= 15 is 0 Å². The minimum Gasteiger partial charge on any atom is -0.371 e. The molecule has 156 valence electrons. The number of anilines is 1. The lowest BCUT2D eigenvalue weighted by Crippen LogP contribution is -2.50. The molecule has 2 amide bonds. The second-order valence-electron chi connectivity index (χ2n) is 7.62. The highest BCUT2D eigenvalue weighted by Gasteiger charge is 2.28. The molecular formula is C21H25F2N3O2S. The molecule has 2 N–H and O–H groups in total. The molecule has 1 aliphatic rings. The van der Waals surface area contributed by atoms with E-state index in [9.17, 15) is 18.4 Å². The average molecular weight is 422 g/mol. The van der Waals surface area contributed by atoms with Gasteiger partial charge in [0.2, 0.25) is 5.91 Å². The average Bonchev–Trinajstić information content (AvgIpc) is 3.38. The van der Waals surface area contributed by atoms with Crippen LogP contribution in [-0.2, 0) is 4.79 Å². The van der Waals surface area contributed by atoms with Crippen molar-refractivity contribution < 1.29 is 18.4 Å². The number of halogens is 2. The molecule has 2 unspecified atom stereocenters. The smallest absolute Gasteiger partial charge is 0.262 e. The Hall–Kier alpha value is -2.48. The SMILES string of the molecule is CC(C)C(NC(=O)c1cccs1)C(=O)NCC1CCN(c2ccc(F)c(F)c2)C1. The van der Waals surface area contributed by atoms with E-state index in [-0.39, 0.29) is 23.7 Å². The summed E-state index contributed by atoms with van der Waals surface area (Å²) in [5.41, 5.74) is 0.640. The van der Waals surface area contributed by atoms with Gasteiger partial charge >= 0.3 is 0 Å². The Kier molecular flexibility index (Phi) is 6.84. The Morgan fingerprint density at radius 2 is 2.03 bits per heavy atom. The lowest BCUT2D eigenvalue weighted by atomic mass is 10.0. The zero-order chi connectivity index (χ0) is 21.0. The van der Waals surface area contributed by atoms with Gasteiger partial charge in [0.05, 0.1) is 4.88 Å². The summed E-state index contributed by atoms with van der Waals surface area (Å²) in [6.45, 7) is 5.61. The van der Waals surface area contributed by atoms with Crippen molar-refractivity contribution in [1.29, 1.82) is 0 Å². The van der Waals surface area contributed by atoms with Gasteiger partial charge in [-0.15, -0.1) is 11.3 Å². The number of hydrogen-bond donors (Lipinski definition) is 2. The molecule has 1 saturated heterocycles. The fourth-order valence-corrected chi connectivity index (χ4v) is 4.05. The third-order valence-electron chi connectivity index (χ3n) is 5.10. The number of amides is 2. The zero-order valence-electron chi connectivity index (χ0n) is 16.5. The minimum atomic E-state index is -0.861. The second-order valence-corrected chi connectivity index (χ2v) is 8.56. The number of hydrogen-bond acceptors (Lipinski definition) is 4. The van der Waals surface area contributed by atoms with E-state index in [1.165, 1.54) is 17.4 Å². The third-order valence-corrected chi connectivity index (χ3v) is 5.97. The first kappa shape index (κ1) is 21.2. The molecule has 0 saturated carbocycles. The number of nitrogens with zero attached hydrogens (tertiary/aromatic N) is 1. The van der Waals surface area contributed by atoms with Crippen molar-refractivity contribution in [3.63, 3.8) is 0 Å². The molecule has 2 atom stereocenters. The quantitative estimate of drug-likeness (QED) is 0.720. The van der Waals surface area contributed by atoms with Crippen LogP contribution in [0.2, 0.25) is 0 Å². The van der Waals surface area contributed by atoms with Gasteiger partial charge in [-0.1, -0.05) is 19.9 Å². The molecule has 1 fully saturated rings. The first-order chi connectivity index (χ1) is 13.8. The Labute approximate surface area is 173 Å². The summed E-state index contributed by atoms with van der Waals surface area (Å²) in [6, 6.07) is 6.79. The molecule has 1 aliphatic heterocycles. The van der Waals surface area contributed by atoms with E-state index in [1.807, 2.05) is 24.1 Å². The van der Waals surface area contributed by atoms with Crippen molar-refractivity contribution >= 4 is 28.8 Å². The van der Waals surface area contributed by atoms with Crippen molar-refractivity contribution in [2.24, 2.45) is 11.8 Å². The molecule has 0 aliphatic carbocycles. The standard InChI is InChI=1S/C21H25F2N3O2S/c1-13(2)19(25-20(27)18-4-3-9-29-18)21(28)24-11-14-7-8-26(12-14)15-5-6-16(22)17(23)10-15/h3-6,9-10,13-14,19H,7-8,11-12H2,1-2H3,(H,24,28)(H,25,27). The third kappa shape index (κ3) is 5.32. The van der Waals surface area contributed by atoms with Gasteiger partial charge in [0.15, 0.2) is 11.6 Å². The van der Waals surface area contributed by atoms with Crippen molar-refractivity contribution in [3.8, 4) is 0 Å². The number of rotatable bonds is 7. The second kappa shape index (κ2) is 9.35. The maximum absolute atomic E-state index is 13.5. The molecule has 2 aromatic rings. The van der Waals surface area contributed by atoms with Crippen LogP contribution in [0.15, 0.2) is 35.7 Å². The molecule has 0 spiro atoms. The minimum absolute atomic E-state index is 0.0545. The van der Waals surface area contributed by atoms with Crippen LogP contribution in [0.25, 0.3) is 0 Å². The van der Waals surface area contributed by atoms with Crippen LogP contribution in [0.1, 0.15) is 29.9 Å². The van der Waals surface area contributed by atoms with Gasteiger partial charge in [-0.2, -0.15) is 0 Å². The molecule has 3 rings (SSSR count). The largest absolute Gasteiger partial charge is 0.371 e. The lowest BCUT2D eigenvalue weighted by Gasteiger charge is -2.23. The predicted octanol–water partition coefficient (Wildman–Crippen LogP) is 3.42. The van der Waals surface area contributed by atoms with Gasteiger partial charge in [-0.05, 0) is 41.8 Å². The van der Waals surface area contributed by atoms with E-state index in [4.69, 9.17) is 0 Å². The van der Waals surface area contributed by atoms with Crippen LogP contribution < -0.4 is 15.5 Å².